The van der Waals surface area contributed by atoms with E-state index >= 15 is 0 Å². The normalized spacial score (nSPS) is 16.6. The molecule has 6 nitrogen and oxygen atoms in total. The average Bonchev–Trinajstić information content (AvgIpc) is 3.03. The van der Waals surface area contributed by atoms with E-state index < -0.39 is 21.8 Å². The molecule has 3 aromatic rings. The van der Waals surface area contributed by atoms with E-state index in [0.29, 0.717) is 16.9 Å². The van der Waals surface area contributed by atoms with Crippen molar-refractivity contribution in [3.05, 3.63) is 101 Å². The quantitative estimate of drug-likeness (QED) is 0.630. The number of rotatable bonds is 5. The van der Waals surface area contributed by atoms with Gasteiger partial charge in [0.15, 0.2) is 9.84 Å². The predicted molar refractivity (Wildman–Crippen MR) is 121 cm³/mol. The fraction of sp³-hybridized carbons (Fsp3) is 0.125. The van der Waals surface area contributed by atoms with E-state index in [9.17, 15) is 18.3 Å². The van der Waals surface area contributed by atoms with E-state index in [2.05, 4.69) is 5.32 Å². The molecule has 4 rings (SSSR count). The van der Waals surface area contributed by atoms with E-state index in [1.165, 1.54) is 17.0 Å². The fourth-order valence-corrected chi connectivity index (χ4v) is 4.85. The van der Waals surface area contributed by atoms with Gasteiger partial charge in [0.25, 0.3) is 5.91 Å². The summed E-state index contributed by atoms with van der Waals surface area (Å²) < 4.78 is 25.9. The molecule has 0 spiro atoms. The predicted octanol–water partition coefficient (Wildman–Crippen LogP) is 4.16. The van der Waals surface area contributed by atoms with Crippen LogP contribution in [0.5, 0.6) is 5.75 Å². The molecule has 1 atom stereocenters. The van der Waals surface area contributed by atoms with Gasteiger partial charge in [0.1, 0.15) is 22.4 Å². The first-order valence-corrected chi connectivity index (χ1v) is 11.6. The molecule has 0 aliphatic carbocycles. The molecule has 1 aliphatic rings. The van der Waals surface area contributed by atoms with Crippen LogP contribution in [0, 0.1) is 6.92 Å². The van der Waals surface area contributed by atoms with Crippen LogP contribution in [0.2, 0.25) is 0 Å². The maximum atomic E-state index is 13.6. The van der Waals surface area contributed by atoms with Crippen LogP contribution in [0.25, 0.3) is 0 Å². The molecule has 0 unspecified atom stereocenters. The number of carbonyl (C=O) groups is 1. The molecule has 0 fully saturated rings. The number of nitrogens with zero attached hydrogens (tertiary/aromatic N) is 1. The Bertz CT molecular complexity index is 1250. The second-order valence-corrected chi connectivity index (χ2v) is 9.49. The lowest BCUT2D eigenvalue weighted by Gasteiger charge is -2.27. The number of sulfone groups is 1. The van der Waals surface area contributed by atoms with E-state index in [1.807, 2.05) is 25.1 Å². The van der Waals surface area contributed by atoms with Crippen LogP contribution in [-0.2, 0) is 14.6 Å². The molecular weight excluding hydrogens is 412 g/mol. The van der Waals surface area contributed by atoms with Gasteiger partial charge in [0, 0.05) is 17.6 Å². The van der Waals surface area contributed by atoms with Crippen molar-refractivity contribution < 1.29 is 18.3 Å². The molecule has 3 aromatic carbocycles. The lowest BCUT2D eigenvalue weighted by Crippen LogP contribution is -2.31. The van der Waals surface area contributed by atoms with Crippen molar-refractivity contribution in [1.82, 2.24) is 0 Å². The highest BCUT2D eigenvalue weighted by molar-refractivity contribution is 7.94. The maximum absolute atomic E-state index is 13.6. The summed E-state index contributed by atoms with van der Waals surface area (Å²) in [5.41, 5.74) is 2.85. The van der Waals surface area contributed by atoms with Gasteiger partial charge in [-0.05, 0) is 48.9 Å². The molecule has 31 heavy (non-hydrogen) atoms. The third-order valence-electron chi connectivity index (χ3n) is 5.15. The minimum absolute atomic E-state index is 0.0114. The number of aryl methyl sites for hydroxylation is 1. The van der Waals surface area contributed by atoms with E-state index in [1.54, 1.807) is 48.5 Å². The summed E-state index contributed by atoms with van der Waals surface area (Å²) in [6.45, 7) is 1.95. The van der Waals surface area contributed by atoms with Crippen molar-refractivity contribution in [2.24, 2.45) is 0 Å². The number of phenolic OH excluding ortho intramolecular Hbond substituents is 1. The molecule has 0 radical (unpaired) electrons. The first-order valence-electron chi connectivity index (χ1n) is 9.71. The summed E-state index contributed by atoms with van der Waals surface area (Å²) >= 11 is 0. The molecule has 1 amide bonds. The Hall–Kier alpha value is -3.58. The van der Waals surface area contributed by atoms with E-state index in [-0.39, 0.29) is 16.4 Å². The smallest absolute Gasteiger partial charge is 0.276 e. The Labute approximate surface area is 181 Å². The zero-order chi connectivity index (χ0) is 22.2. The molecule has 1 aliphatic heterocycles. The fourth-order valence-electron chi connectivity index (χ4n) is 3.70. The molecule has 158 valence electrons. The lowest BCUT2D eigenvalue weighted by molar-refractivity contribution is -0.114. The molecule has 7 heteroatoms. The summed E-state index contributed by atoms with van der Waals surface area (Å²) in [5, 5.41) is 12.7. The van der Waals surface area contributed by atoms with E-state index in [4.69, 9.17) is 0 Å². The topological polar surface area (TPSA) is 86.7 Å². The van der Waals surface area contributed by atoms with Gasteiger partial charge >= 0.3 is 0 Å². The largest absolute Gasteiger partial charge is 0.508 e. The maximum Gasteiger partial charge on any atom is 0.276 e. The first kappa shape index (κ1) is 20.7. The van der Waals surface area contributed by atoms with Gasteiger partial charge in [-0.15, -0.1) is 0 Å². The number of amides is 1. The summed E-state index contributed by atoms with van der Waals surface area (Å²) in [4.78, 5) is 15.0. The Morgan fingerprint density at radius 2 is 1.52 bits per heavy atom. The van der Waals surface area contributed by atoms with Crippen molar-refractivity contribution in [2.75, 3.05) is 16.5 Å². The Morgan fingerprint density at radius 1 is 0.903 bits per heavy atom. The van der Waals surface area contributed by atoms with Gasteiger partial charge in [-0.1, -0.05) is 48.0 Å². The zero-order valence-corrected chi connectivity index (χ0v) is 17.9. The molecular formula is C24H22N2O4S. The van der Waals surface area contributed by atoms with Crippen LogP contribution in [0.15, 0.2) is 89.5 Å². The summed E-state index contributed by atoms with van der Waals surface area (Å²) in [6, 6.07) is 21.7. The molecule has 0 saturated heterocycles. The number of nitrogens with one attached hydrogen (secondary N) is 1. The van der Waals surface area contributed by atoms with Crippen LogP contribution in [-0.4, -0.2) is 25.7 Å². The average molecular weight is 435 g/mol. The number of benzene rings is 3. The number of hydrogen-bond donors (Lipinski definition) is 2. The Balaban J connectivity index is 1.91. The number of anilines is 2. The van der Waals surface area contributed by atoms with Gasteiger partial charge in [-0.25, -0.2) is 8.42 Å². The summed E-state index contributed by atoms with van der Waals surface area (Å²) in [7, 11) is -3.75. The Kier molecular flexibility index (Phi) is 5.29. The molecule has 0 bridgehead atoms. The first-order chi connectivity index (χ1) is 14.8. The third kappa shape index (κ3) is 4.04. The number of aromatic hydroxyl groups is 1. The summed E-state index contributed by atoms with van der Waals surface area (Å²) in [6.07, 6.45) is 1.11. The molecule has 0 saturated carbocycles. The van der Waals surface area contributed by atoms with Crippen molar-refractivity contribution in [1.29, 1.82) is 0 Å². The van der Waals surface area contributed by atoms with Gasteiger partial charge in [-0.2, -0.15) is 0 Å². The summed E-state index contributed by atoms with van der Waals surface area (Å²) in [5.74, 6) is -0.401. The Morgan fingerprint density at radius 3 is 2.10 bits per heavy atom. The van der Waals surface area contributed by atoms with Crippen LogP contribution < -0.4 is 10.2 Å². The van der Waals surface area contributed by atoms with Gasteiger partial charge < -0.3 is 10.4 Å². The van der Waals surface area contributed by atoms with Gasteiger partial charge in [0.2, 0.25) is 0 Å². The second kappa shape index (κ2) is 7.92. The number of hydrogen-bond acceptors (Lipinski definition) is 5. The van der Waals surface area contributed by atoms with Crippen LogP contribution in [0.1, 0.15) is 17.2 Å². The SMILES string of the molecule is Cc1ccc(NC2=C(S(C)(=O)=O)[C@@H](c3ccccc3)N(c3ccc(O)cc3)C2=O)cc1. The highest BCUT2D eigenvalue weighted by atomic mass is 32.2. The van der Waals surface area contributed by atoms with Crippen molar-refractivity contribution in [3.63, 3.8) is 0 Å². The van der Waals surface area contributed by atoms with Crippen molar-refractivity contribution in [3.8, 4) is 5.75 Å². The zero-order valence-electron chi connectivity index (χ0n) is 17.1. The van der Waals surface area contributed by atoms with Crippen LogP contribution in [0.4, 0.5) is 11.4 Å². The highest BCUT2D eigenvalue weighted by Gasteiger charge is 2.45. The molecule has 0 aromatic heterocycles. The lowest BCUT2D eigenvalue weighted by atomic mass is 10.1. The van der Waals surface area contributed by atoms with Gasteiger partial charge in [-0.3, -0.25) is 9.69 Å². The number of phenols is 1. The van der Waals surface area contributed by atoms with Crippen LogP contribution in [0.3, 0.4) is 0 Å². The minimum atomic E-state index is -3.75. The number of carbonyl (C=O) groups excluding carboxylic acids is 1. The van der Waals surface area contributed by atoms with Crippen molar-refractivity contribution in [2.45, 2.75) is 13.0 Å². The standard InChI is InChI=1S/C24H22N2O4S/c1-16-8-10-18(11-9-16)25-21-23(31(2,29)30)22(17-6-4-3-5-7-17)26(24(21)28)19-12-14-20(27)15-13-19/h3-15,22,25,27H,1-2H3/t22-/m1/s1. The second-order valence-electron chi connectivity index (χ2n) is 7.51. The monoisotopic (exact) mass is 434 g/mol. The highest BCUT2D eigenvalue weighted by Crippen LogP contribution is 2.43. The molecule has 2 N–H and O–H groups in total. The molecule has 1 heterocycles. The third-order valence-corrected chi connectivity index (χ3v) is 6.38. The van der Waals surface area contributed by atoms with Gasteiger partial charge in [0.05, 0.1) is 0 Å². The van der Waals surface area contributed by atoms with Crippen LogP contribution >= 0.6 is 0 Å². The van der Waals surface area contributed by atoms with Crippen molar-refractivity contribution >= 4 is 27.1 Å². The minimum Gasteiger partial charge on any atom is -0.508 e. The van der Waals surface area contributed by atoms with E-state index in [0.717, 1.165) is 11.8 Å².